The molecule has 2 fully saturated rings. The third-order valence-corrected chi connectivity index (χ3v) is 3.56. The number of nitriles is 1. The highest BCUT2D eigenvalue weighted by molar-refractivity contribution is 5.16. The third-order valence-electron chi connectivity index (χ3n) is 3.56. The van der Waals surface area contributed by atoms with Crippen LogP contribution in [-0.4, -0.2) is 6.04 Å². The van der Waals surface area contributed by atoms with Crippen molar-refractivity contribution in [2.75, 3.05) is 0 Å². The summed E-state index contributed by atoms with van der Waals surface area (Å²) in [6.07, 6.45) is 7.23. The van der Waals surface area contributed by atoms with Crippen LogP contribution in [0.15, 0.2) is 0 Å². The zero-order valence-electron chi connectivity index (χ0n) is 7.42. The van der Waals surface area contributed by atoms with Crippen molar-refractivity contribution < 1.29 is 0 Å². The van der Waals surface area contributed by atoms with E-state index in [-0.39, 0.29) is 11.5 Å². The molecule has 0 aromatic heterocycles. The molecule has 0 aliphatic heterocycles. The second kappa shape index (κ2) is 2.74. The van der Waals surface area contributed by atoms with Gasteiger partial charge in [0, 0.05) is 6.04 Å². The molecule has 0 bridgehead atoms. The van der Waals surface area contributed by atoms with Crippen LogP contribution in [0.2, 0.25) is 0 Å². The summed E-state index contributed by atoms with van der Waals surface area (Å²) < 4.78 is 0. The lowest BCUT2D eigenvalue weighted by atomic mass is 9.86. The highest BCUT2D eigenvalue weighted by atomic mass is 14.8. The zero-order valence-corrected chi connectivity index (χ0v) is 7.42. The van der Waals surface area contributed by atoms with E-state index >= 15 is 0 Å². The Bertz CT molecular complexity index is 206. The van der Waals surface area contributed by atoms with Crippen LogP contribution < -0.4 is 5.73 Å². The summed E-state index contributed by atoms with van der Waals surface area (Å²) in [7, 11) is 0. The topological polar surface area (TPSA) is 49.8 Å². The van der Waals surface area contributed by atoms with Crippen molar-refractivity contribution in [3.63, 3.8) is 0 Å². The van der Waals surface area contributed by atoms with Crippen LogP contribution in [0, 0.1) is 22.7 Å². The molecule has 66 valence electrons. The summed E-state index contributed by atoms with van der Waals surface area (Å²) >= 11 is 0. The van der Waals surface area contributed by atoms with Gasteiger partial charge in [-0.3, -0.25) is 0 Å². The molecule has 0 saturated heterocycles. The number of hydrogen-bond acceptors (Lipinski definition) is 2. The lowest BCUT2D eigenvalue weighted by Gasteiger charge is -2.22. The monoisotopic (exact) mass is 164 g/mol. The number of rotatable bonds is 2. The summed E-state index contributed by atoms with van der Waals surface area (Å²) in [5.41, 5.74) is 6.01. The van der Waals surface area contributed by atoms with Crippen LogP contribution >= 0.6 is 0 Å². The van der Waals surface area contributed by atoms with Crippen molar-refractivity contribution in [2.45, 2.75) is 44.6 Å². The van der Waals surface area contributed by atoms with Gasteiger partial charge in [-0.05, 0) is 31.6 Å². The molecule has 0 aromatic rings. The molecule has 12 heavy (non-hydrogen) atoms. The Morgan fingerprint density at radius 3 is 2.33 bits per heavy atom. The minimum Gasteiger partial charge on any atom is -0.326 e. The summed E-state index contributed by atoms with van der Waals surface area (Å²) in [6.45, 7) is 0. The van der Waals surface area contributed by atoms with Crippen LogP contribution in [0.25, 0.3) is 0 Å². The molecule has 2 aliphatic rings. The van der Waals surface area contributed by atoms with Gasteiger partial charge in [-0.15, -0.1) is 0 Å². The first-order valence-electron chi connectivity index (χ1n) is 4.95. The standard InChI is InChI=1S/C10H16N2/c11-7-10(5-6-10)9(12)8-3-1-2-4-8/h8-9H,1-6,12H2. The van der Waals surface area contributed by atoms with E-state index in [2.05, 4.69) is 6.07 Å². The average Bonchev–Trinajstić information content (AvgIpc) is 2.71. The Kier molecular flexibility index (Phi) is 1.84. The summed E-state index contributed by atoms with van der Waals surface area (Å²) in [4.78, 5) is 0. The minimum atomic E-state index is -0.102. The van der Waals surface area contributed by atoms with Gasteiger partial charge in [-0.25, -0.2) is 0 Å². The molecule has 2 nitrogen and oxygen atoms in total. The van der Waals surface area contributed by atoms with Gasteiger partial charge in [0.05, 0.1) is 11.5 Å². The van der Waals surface area contributed by atoms with E-state index in [9.17, 15) is 0 Å². The van der Waals surface area contributed by atoms with Crippen molar-refractivity contribution in [1.82, 2.24) is 0 Å². The smallest absolute Gasteiger partial charge is 0.0728 e. The molecule has 2 heteroatoms. The largest absolute Gasteiger partial charge is 0.326 e. The molecule has 2 saturated carbocycles. The molecular formula is C10H16N2. The normalized spacial score (nSPS) is 29.7. The van der Waals surface area contributed by atoms with Gasteiger partial charge in [0.2, 0.25) is 0 Å². The van der Waals surface area contributed by atoms with Crippen molar-refractivity contribution >= 4 is 0 Å². The van der Waals surface area contributed by atoms with Gasteiger partial charge in [0.1, 0.15) is 0 Å². The van der Waals surface area contributed by atoms with Gasteiger partial charge in [0.15, 0.2) is 0 Å². The first-order chi connectivity index (χ1) is 5.78. The minimum absolute atomic E-state index is 0.102. The van der Waals surface area contributed by atoms with Crippen LogP contribution in [0.3, 0.4) is 0 Å². The van der Waals surface area contributed by atoms with E-state index in [1.54, 1.807) is 0 Å². The van der Waals surface area contributed by atoms with Crippen LogP contribution in [0.5, 0.6) is 0 Å². The van der Waals surface area contributed by atoms with Crippen molar-refractivity contribution in [3.05, 3.63) is 0 Å². The summed E-state index contributed by atoms with van der Waals surface area (Å²) in [6, 6.07) is 2.58. The second-order valence-corrected chi connectivity index (χ2v) is 4.34. The van der Waals surface area contributed by atoms with E-state index in [0.717, 1.165) is 12.8 Å². The summed E-state index contributed by atoms with van der Waals surface area (Å²) in [5.74, 6) is 0.646. The molecule has 2 N–H and O–H groups in total. The predicted octanol–water partition coefficient (Wildman–Crippen LogP) is 1.81. The highest BCUT2D eigenvalue weighted by Crippen LogP contribution is 2.51. The fraction of sp³-hybridized carbons (Fsp3) is 0.900. The molecule has 0 spiro atoms. The maximum absolute atomic E-state index is 8.96. The van der Waals surface area contributed by atoms with E-state index < -0.39 is 0 Å². The Balaban J connectivity index is 2.00. The van der Waals surface area contributed by atoms with Gasteiger partial charge in [0.25, 0.3) is 0 Å². The maximum Gasteiger partial charge on any atom is 0.0728 e. The van der Waals surface area contributed by atoms with E-state index in [4.69, 9.17) is 11.0 Å². The Morgan fingerprint density at radius 2 is 1.92 bits per heavy atom. The second-order valence-electron chi connectivity index (χ2n) is 4.34. The van der Waals surface area contributed by atoms with Crippen molar-refractivity contribution in [2.24, 2.45) is 17.1 Å². The number of nitrogens with zero attached hydrogens (tertiary/aromatic N) is 1. The Morgan fingerprint density at radius 1 is 1.33 bits per heavy atom. The Labute approximate surface area is 73.7 Å². The molecule has 2 aliphatic carbocycles. The van der Waals surface area contributed by atoms with Gasteiger partial charge in [-0.1, -0.05) is 12.8 Å². The first kappa shape index (κ1) is 8.07. The molecule has 1 atom stereocenters. The number of nitrogens with two attached hydrogens (primary N) is 1. The van der Waals surface area contributed by atoms with Gasteiger partial charge in [-0.2, -0.15) is 5.26 Å². The highest BCUT2D eigenvalue weighted by Gasteiger charge is 2.51. The fourth-order valence-electron chi connectivity index (χ4n) is 2.42. The van der Waals surface area contributed by atoms with E-state index in [1.807, 2.05) is 0 Å². The van der Waals surface area contributed by atoms with E-state index in [0.29, 0.717) is 5.92 Å². The van der Waals surface area contributed by atoms with Crippen molar-refractivity contribution in [1.29, 1.82) is 5.26 Å². The van der Waals surface area contributed by atoms with Crippen LogP contribution in [0.1, 0.15) is 38.5 Å². The van der Waals surface area contributed by atoms with Gasteiger partial charge < -0.3 is 5.73 Å². The molecule has 0 radical (unpaired) electrons. The van der Waals surface area contributed by atoms with Crippen LogP contribution in [-0.2, 0) is 0 Å². The predicted molar refractivity (Wildman–Crippen MR) is 47.2 cm³/mol. The molecule has 0 heterocycles. The molecular weight excluding hydrogens is 148 g/mol. The Hall–Kier alpha value is -0.550. The summed E-state index contributed by atoms with van der Waals surface area (Å²) in [5, 5.41) is 8.96. The van der Waals surface area contributed by atoms with E-state index in [1.165, 1.54) is 25.7 Å². The zero-order chi connectivity index (χ0) is 8.60. The number of hydrogen-bond donors (Lipinski definition) is 1. The quantitative estimate of drug-likeness (QED) is 0.676. The molecule has 0 amide bonds. The van der Waals surface area contributed by atoms with Crippen molar-refractivity contribution in [3.8, 4) is 6.07 Å². The SMILES string of the molecule is N#CC1(C(N)C2CCCC2)CC1. The first-order valence-corrected chi connectivity index (χ1v) is 4.95. The molecule has 1 unspecified atom stereocenters. The molecule has 0 aromatic carbocycles. The lowest BCUT2D eigenvalue weighted by molar-refractivity contribution is 0.346. The lowest BCUT2D eigenvalue weighted by Crippen LogP contribution is -2.37. The third kappa shape index (κ3) is 1.13. The van der Waals surface area contributed by atoms with Crippen LogP contribution in [0.4, 0.5) is 0 Å². The fourth-order valence-corrected chi connectivity index (χ4v) is 2.42. The van der Waals surface area contributed by atoms with Gasteiger partial charge >= 0.3 is 0 Å². The maximum atomic E-state index is 8.96. The average molecular weight is 164 g/mol. The molecule has 2 rings (SSSR count).